The van der Waals surface area contributed by atoms with E-state index < -0.39 is 5.60 Å². The minimum Gasteiger partial charge on any atom is -0.497 e. The molecule has 0 amide bonds. The number of guanidine groups is 1. The molecule has 3 rings (SSSR count). The van der Waals surface area contributed by atoms with Crippen LogP contribution in [0.1, 0.15) is 13.3 Å². The van der Waals surface area contributed by atoms with E-state index in [1.165, 1.54) is 5.69 Å². The Balaban J connectivity index is 0.00000261. The number of rotatable bonds is 5. The van der Waals surface area contributed by atoms with Crippen molar-refractivity contribution in [1.29, 1.82) is 0 Å². The molecule has 152 valence electrons. The molecule has 2 fully saturated rings. The summed E-state index contributed by atoms with van der Waals surface area (Å²) in [6.45, 7) is 7.12. The molecule has 1 aromatic carbocycles. The Morgan fingerprint density at radius 3 is 2.74 bits per heavy atom. The third-order valence-corrected chi connectivity index (χ3v) is 6.17. The molecule has 0 aliphatic carbocycles. The van der Waals surface area contributed by atoms with Crippen LogP contribution < -0.4 is 15.0 Å². The molecule has 2 N–H and O–H groups in total. The number of hydrogen-bond donors (Lipinski definition) is 2. The third kappa shape index (κ3) is 6.05. The van der Waals surface area contributed by atoms with Crippen molar-refractivity contribution in [1.82, 2.24) is 10.2 Å². The molecule has 1 atom stereocenters. The normalized spacial score (nSPS) is 23.1. The average Bonchev–Trinajstić information content (AvgIpc) is 3.12. The van der Waals surface area contributed by atoms with Crippen molar-refractivity contribution < 1.29 is 9.84 Å². The van der Waals surface area contributed by atoms with Gasteiger partial charge in [0.25, 0.3) is 0 Å². The lowest BCUT2D eigenvalue weighted by Gasteiger charge is -2.38. The second-order valence-electron chi connectivity index (χ2n) is 6.87. The van der Waals surface area contributed by atoms with E-state index in [1.807, 2.05) is 23.9 Å². The summed E-state index contributed by atoms with van der Waals surface area (Å²) < 4.78 is 5.34. The fourth-order valence-corrected chi connectivity index (χ4v) is 4.64. The van der Waals surface area contributed by atoms with E-state index >= 15 is 0 Å². The summed E-state index contributed by atoms with van der Waals surface area (Å²) in [5.41, 5.74) is 0.566. The maximum absolute atomic E-state index is 10.6. The number of thioether (sulfide) groups is 1. The largest absolute Gasteiger partial charge is 0.497 e. The quantitative estimate of drug-likeness (QED) is 0.363. The van der Waals surface area contributed by atoms with Gasteiger partial charge in [0.15, 0.2) is 5.96 Å². The van der Waals surface area contributed by atoms with Crippen molar-refractivity contribution in [2.45, 2.75) is 18.9 Å². The molecular formula is C19H31IN4O2S. The molecule has 1 unspecified atom stereocenters. The van der Waals surface area contributed by atoms with Crippen molar-refractivity contribution in [3.63, 3.8) is 0 Å². The Morgan fingerprint density at radius 2 is 2.11 bits per heavy atom. The Morgan fingerprint density at radius 1 is 1.33 bits per heavy atom. The van der Waals surface area contributed by atoms with Gasteiger partial charge in [-0.2, -0.15) is 11.8 Å². The van der Waals surface area contributed by atoms with E-state index in [0.717, 1.165) is 62.4 Å². The monoisotopic (exact) mass is 506 g/mol. The molecule has 8 heteroatoms. The molecule has 2 saturated heterocycles. The third-order valence-electron chi connectivity index (χ3n) is 4.94. The van der Waals surface area contributed by atoms with Crippen LogP contribution in [-0.4, -0.2) is 79.5 Å². The number of anilines is 1. The Hall–Kier alpha value is -0.870. The summed E-state index contributed by atoms with van der Waals surface area (Å²) in [5, 5.41) is 13.9. The maximum Gasteiger partial charge on any atom is 0.194 e. The van der Waals surface area contributed by atoms with Crippen LogP contribution in [-0.2, 0) is 0 Å². The van der Waals surface area contributed by atoms with Gasteiger partial charge in [-0.1, -0.05) is 6.07 Å². The van der Waals surface area contributed by atoms with Crippen molar-refractivity contribution >= 4 is 47.4 Å². The highest BCUT2D eigenvalue weighted by Crippen LogP contribution is 2.28. The smallest absolute Gasteiger partial charge is 0.194 e. The van der Waals surface area contributed by atoms with Crippen LogP contribution in [0.15, 0.2) is 29.3 Å². The lowest BCUT2D eigenvalue weighted by atomic mass is 10.0. The van der Waals surface area contributed by atoms with Crippen LogP contribution in [0, 0.1) is 0 Å². The molecular weight excluding hydrogens is 475 g/mol. The molecule has 6 nitrogen and oxygen atoms in total. The molecule has 0 saturated carbocycles. The topological polar surface area (TPSA) is 60.3 Å². The standard InChI is InChI=1S/C19H30N4O2S.HI/c1-3-20-18(21-14-19(24)7-12-26-15-19)23-10-8-22(9-11-23)16-5-4-6-17(13-16)25-2;/h4-6,13,24H,3,7-12,14-15H2,1-2H3,(H,20,21);1H. The summed E-state index contributed by atoms with van der Waals surface area (Å²) >= 11 is 1.81. The molecule has 0 bridgehead atoms. The fraction of sp³-hybridized carbons (Fsp3) is 0.632. The number of nitrogens with one attached hydrogen (secondary N) is 1. The summed E-state index contributed by atoms with van der Waals surface area (Å²) in [4.78, 5) is 9.42. The number of hydrogen-bond acceptors (Lipinski definition) is 5. The van der Waals surface area contributed by atoms with Crippen molar-refractivity contribution in [3.05, 3.63) is 24.3 Å². The van der Waals surface area contributed by atoms with Gasteiger partial charge in [0.2, 0.25) is 0 Å². The first-order chi connectivity index (χ1) is 12.6. The number of methoxy groups -OCH3 is 1. The van der Waals surface area contributed by atoms with Gasteiger partial charge in [0.05, 0.1) is 19.3 Å². The number of aliphatic imine (C=N–C) groups is 1. The zero-order valence-corrected chi connectivity index (χ0v) is 19.3. The first-order valence-corrected chi connectivity index (χ1v) is 10.5. The van der Waals surface area contributed by atoms with Crippen molar-refractivity contribution in [2.75, 3.05) is 62.8 Å². The van der Waals surface area contributed by atoms with Crippen LogP contribution in [0.25, 0.3) is 0 Å². The fourth-order valence-electron chi connectivity index (χ4n) is 3.35. The van der Waals surface area contributed by atoms with Gasteiger partial charge in [-0.25, -0.2) is 0 Å². The second-order valence-corrected chi connectivity index (χ2v) is 7.98. The van der Waals surface area contributed by atoms with E-state index in [-0.39, 0.29) is 24.0 Å². The van der Waals surface area contributed by atoms with Crippen LogP contribution in [0.3, 0.4) is 0 Å². The van der Waals surface area contributed by atoms with Gasteiger partial charge < -0.3 is 25.0 Å². The summed E-state index contributed by atoms with van der Waals surface area (Å²) in [5.74, 6) is 3.63. The van der Waals surface area contributed by atoms with E-state index in [0.29, 0.717) is 6.54 Å². The van der Waals surface area contributed by atoms with Crippen LogP contribution in [0.4, 0.5) is 5.69 Å². The molecule has 1 aromatic rings. The van der Waals surface area contributed by atoms with Gasteiger partial charge in [0, 0.05) is 50.2 Å². The number of ether oxygens (including phenoxy) is 1. The molecule has 0 radical (unpaired) electrons. The highest BCUT2D eigenvalue weighted by atomic mass is 127. The van der Waals surface area contributed by atoms with Gasteiger partial charge >= 0.3 is 0 Å². The summed E-state index contributed by atoms with van der Waals surface area (Å²) in [6.07, 6.45) is 0.837. The average molecular weight is 506 g/mol. The van der Waals surface area contributed by atoms with Gasteiger partial charge in [0.1, 0.15) is 5.75 Å². The molecule has 2 aliphatic heterocycles. The minimum atomic E-state index is -0.631. The Bertz CT molecular complexity index is 617. The lowest BCUT2D eigenvalue weighted by molar-refractivity contribution is 0.0775. The second kappa shape index (κ2) is 10.6. The number of piperazine rings is 1. The maximum atomic E-state index is 10.6. The van der Waals surface area contributed by atoms with Gasteiger partial charge in [-0.05, 0) is 31.2 Å². The molecule has 2 heterocycles. The highest BCUT2D eigenvalue weighted by Gasteiger charge is 2.32. The van der Waals surface area contributed by atoms with E-state index in [9.17, 15) is 5.11 Å². The first-order valence-electron chi connectivity index (χ1n) is 9.36. The van der Waals surface area contributed by atoms with Crippen molar-refractivity contribution in [3.8, 4) is 5.75 Å². The predicted molar refractivity (Wildman–Crippen MR) is 125 cm³/mol. The molecule has 0 aromatic heterocycles. The van der Waals surface area contributed by atoms with E-state index in [2.05, 4.69) is 34.2 Å². The van der Waals surface area contributed by atoms with E-state index in [4.69, 9.17) is 9.73 Å². The zero-order valence-electron chi connectivity index (χ0n) is 16.2. The summed E-state index contributed by atoms with van der Waals surface area (Å²) in [6, 6.07) is 8.22. The van der Waals surface area contributed by atoms with Gasteiger partial charge in [-0.3, -0.25) is 4.99 Å². The molecule has 27 heavy (non-hydrogen) atoms. The van der Waals surface area contributed by atoms with E-state index in [1.54, 1.807) is 7.11 Å². The SMILES string of the molecule is CCNC(=NCC1(O)CCSC1)N1CCN(c2cccc(OC)c2)CC1.I. The van der Waals surface area contributed by atoms with Crippen LogP contribution in [0.5, 0.6) is 5.75 Å². The number of aliphatic hydroxyl groups is 1. The molecule has 0 spiro atoms. The number of nitrogens with zero attached hydrogens (tertiary/aromatic N) is 3. The van der Waals surface area contributed by atoms with Crippen LogP contribution in [0.2, 0.25) is 0 Å². The number of halogens is 1. The van der Waals surface area contributed by atoms with Gasteiger partial charge in [-0.15, -0.1) is 24.0 Å². The predicted octanol–water partition coefficient (Wildman–Crippen LogP) is 2.27. The summed E-state index contributed by atoms with van der Waals surface area (Å²) in [7, 11) is 1.70. The minimum absolute atomic E-state index is 0. The Kier molecular flexibility index (Phi) is 8.81. The lowest BCUT2D eigenvalue weighted by Crippen LogP contribution is -2.53. The highest BCUT2D eigenvalue weighted by molar-refractivity contribution is 14.0. The van der Waals surface area contributed by atoms with Crippen molar-refractivity contribution in [2.24, 2.45) is 4.99 Å². The zero-order chi connectivity index (χ0) is 18.4. The Labute approximate surface area is 183 Å². The molecule has 2 aliphatic rings. The first kappa shape index (κ1) is 22.4. The van der Waals surface area contributed by atoms with Crippen LogP contribution >= 0.6 is 35.7 Å². The number of benzene rings is 1.